The van der Waals surface area contributed by atoms with Crippen LogP contribution in [0.5, 0.6) is 5.75 Å². The lowest BCUT2D eigenvalue weighted by Crippen LogP contribution is -2.23. The van der Waals surface area contributed by atoms with E-state index in [2.05, 4.69) is 10.5 Å². The summed E-state index contributed by atoms with van der Waals surface area (Å²) in [5, 5.41) is 6.64. The zero-order valence-electron chi connectivity index (χ0n) is 12.8. The van der Waals surface area contributed by atoms with Crippen LogP contribution in [0.4, 0.5) is 0 Å². The fourth-order valence-electron chi connectivity index (χ4n) is 2.04. The molecule has 0 unspecified atom stereocenters. The first-order chi connectivity index (χ1) is 9.97. The van der Waals surface area contributed by atoms with Gasteiger partial charge in [-0.1, -0.05) is 17.3 Å². The minimum Gasteiger partial charge on any atom is -0.491 e. The van der Waals surface area contributed by atoms with Gasteiger partial charge in [-0.05, 0) is 45.4 Å². The highest BCUT2D eigenvalue weighted by atomic mass is 16.5. The Labute approximate surface area is 124 Å². The van der Waals surface area contributed by atoms with E-state index in [0.29, 0.717) is 23.6 Å². The summed E-state index contributed by atoms with van der Waals surface area (Å²) in [5.74, 6) is 1.19. The number of ether oxygens (including phenoxy) is 1. The molecule has 0 spiro atoms. The summed E-state index contributed by atoms with van der Waals surface area (Å²) < 4.78 is 10.6. The summed E-state index contributed by atoms with van der Waals surface area (Å²) >= 11 is 0. The largest absolute Gasteiger partial charge is 0.491 e. The van der Waals surface area contributed by atoms with E-state index in [0.717, 1.165) is 11.3 Å². The molecule has 0 saturated carbocycles. The maximum Gasteiger partial charge on any atom is 0.257 e. The fourth-order valence-corrected chi connectivity index (χ4v) is 2.04. The van der Waals surface area contributed by atoms with Gasteiger partial charge in [0, 0.05) is 6.54 Å². The molecule has 112 valence electrons. The predicted molar refractivity (Wildman–Crippen MR) is 79.4 cm³/mol. The van der Waals surface area contributed by atoms with Gasteiger partial charge < -0.3 is 14.6 Å². The normalized spacial score (nSPS) is 10.7. The summed E-state index contributed by atoms with van der Waals surface area (Å²) in [6.07, 6.45) is 0.148. The van der Waals surface area contributed by atoms with Crippen LogP contribution in [0.2, 0.25) is 0 Å². The van der Waals surface area contributed by atoms with Crippen LogP contribution in [-0.2, 0) is 6.54 Å². The molecule has 0 radical (unpaired) electrons. The number of amides is 1. The maximum atomic E-state index is 12.1. The SMILES string of the molecule is Cc1noc(C)c1C(=O)NCc1ccc(OC(C)C)cc1. The average molecular weight is 288 g/mol. The number of rotatable bonds is 5. The lowest BCUT2D eigenvalue weighted by Gasteiger charge is -2.10. The highest BCUT2D eigenvalue weighted by Gasteiger charge is 2.16. The molecule has 0 atom stereocenters. The van der Waals surface area contributed by atoms with Gasteiger partial charge in [-0.2, -0.15) is 0 Å². The second-order valence-electron chi connectivity index (χ2n) is 5.19. The fraction of sp³-hybridized carbons (Fsp3) is 0.375. The van der Waals surface area contributed by atoms with Crippen LogP contribution in [0.15, 0.2) is 28.8 Å². The molecule has 0 saturated heterocycles. The predicted octanol–water partition coefficient (Wildman–Crippen LogP) is 3.01. The van der Waals surface area contributed by atoms with Crippen molar-refractivity contribution in [2.45, 2.75) is 40.3 Å². The standard InChI is InChI=1S/C16H20N2O3/c1-10(2)20-14-7-5-13(6-8-14)9-17-16(19)15-11(3)18-21-12(15)4/h5-8,10H,9H2,1-4H3,(H,17,19). The molecule has 1 heterocycles. The molecule has 0 aliphatic carbocycles. The van der Waals surface area contributed by atoms with E-state index in [1.54, 1.807) is 13.8 Å². The van der Waals surface area contributed by atoms with Crippen LogP contribution in [0.3, 0.4) is 0 Å². The number of aromatic nitrogens is 1. The van der Waals surface area contributed by atoms with Crippen molar-refractivity contribution < 1.29 is 14.1 Å². The molecule has 1 N–H and O–H groups in total. The smallest absolute Gasteiger partial charge is 0.257 e. The molecule has 5 heteroatoms. The van der Waals surface area contributed by atoms with Crippen LogP contribution < -0.4 is 10.1 Å². The Bertz CT molecular complexity index is 595. The van der Waals surface area contributed by atoms with E-state index < -0.39 is 0 Å². The molecule has 0 aliphatic rings. The molecule has 0 aliphatic heterocycles. The van der Waals surface area contributed by atoms with Crippen molar-refractivity contribution in [3.05, 3.63) is 46.8 Å². The molecule has 1 amide bonds. The number of nitrogens with zero attached hydrogens (tertiary/aromatic N) is 1. The molecular weight excluding hydrogens is 268 g/mol. The van der Waals surface area contributed by atoms with Crippen molar-refractivity contribution in [1.29, 1.82) is 0 Å². The second kappa shape index (κ2) is 6.43. The van der Waals surface area contributed by atoms with Crippen LogP contribution >= 0.6 is 0 Å². The van der Waals surface area contributed by atoms with E-state index >= 15 is 0 Å². The summed E-state index contributed by atoms with van der Waals surface area (Å²) in [4.78, 5) is 12.1. The minimum absolute atomic E-state index is 0.148. The number of carbonyl (C=O) groups is 1. The van der Waals surface area contributed by atoms with Crippen molar-refractivity contribution in [1.82, 2.24) is 10.5 Å². The van der Waals surface area contributed by atoms with Gasteiger partial charge in [0.05, 0.1) is 11.8 Å². The van der Waals surface area contributed by atoms with E-state index in [9.17, 15) is 4.79 Å². The van der Waals surface area contributed by atoms with Gasteiger partial charge in [0.25, 0.3) is 5.91 Å². The first-order valence-electron chi connectivity index (χ1n) is 6.94. The topological polar surface area (TPSA) is 64.4 Å². The van der Waals surface area contributed by atoms with Gasteiger partial charge in [-0.15, -0.1) is 0 Å². The number of aryl methyl sites for hydroxylation is 2. The molecule has 0 bridgehead atoms. The molecular formula is C16H20N2O3. The van der Waals surface area contributed by atoms with Crippen molar-refractivity contribution in [3.63, 3.8) is 0 Å². The van der Waals surface area contributed by atoms with Gasteiger partial charge in [-0.25, -0.2) is 0 Å². The summed E-state index contributed by atoms with van der Waals surface area (Å²) in [6.45, 7) is 7.90. The van der Waals surface area contributed by atoms with Gasteiger partial charge >= 0.3 is 0 Å². The Kier molecular flexibility index (Phi) is 4.62. The lowest BCUT2D eigenvalue weighted by molar-refractivity contribution is 0.0949. The Morgan fingerprint density at radius 3 is 2.48 bits per heavy atom. The molecule has 1 aromatic carbocycles. The zero-order valence-corrected chi connectivity index (χ0v) is 12.8. The van der Waals surface area contributed by atoms with E-state index in [1.165, 1.54) is 0 Å². The van der Waals surface area contributed by atoms with Crippen LogP contribution in [0, 0.1) is 13.8 Å². The van der Waals surface area contributed by atoms with Gasteiger partial charge in [0.1, 0.15) is 17.1 Å². The molecule has 2 aromatic rings. The first-order valence-corrected chi connectivity index (χ1v) is 6.94. The third-order valence-corrected chi connectivity index (χ3v) is 3.01. The van der Waals surface area contributed by atoms with Gasteiger partial charge in [0.15, 0.2) is 0 Å². The van der Waals surface area contributed by atoms with E-state index in [4.69, 9.17) is 9.26 Å². The number of hydrogen-bond acceptors (Lipinski definition) is 4. The number of nitrogens with one attached hydrogen (secondary N) is 1. The van der Waals surface area contributed by atoms with Crippen LogP contribution in [0.1, 0.15) is 41.2 Å². The zero-order chi connectivity index (χ0) is 15.4. The quantitative estimate of drug-likeness (QED) is 0.918. The van der Waals surface area contributed by atoms with E-state index in [-0.39, 0.29) is 12.0 Å². The molecule has 5 nitrogen and oxygen atoms in total. The highest BCUT2D eigenvalue weighted by Crippen LogP contribution is 2.15. The number of benzene rings is 1. The first kappa shape index (κ1) is 15.1. The lowest BCUT2D eigenvalue weighted by atomic mass is 10.1. The monoisotopic (exact) mass is 288 g/mol. The Balaban J connectivity index is 1.95. The van der Waals surface area contributed by atoms with Crippen molar-refractivity contribution in [2.75, 3.05) is 0 Å². The number of carbonyl (C=O) groups excluding carboxylic acids is 1. The third-order valence-electron chi connectivity index (χ3n) is 3.01. The number of hydrogen-bond donors (Lipinski definition) is 1. The van der Waals surface area contributed by atoms with Gasteiger partial charge in [-0.3, -0.25) is 4.79 Å². The molecule has 0 fully saturated rings. The average Bonchev–Trinajstić information content (AvgIpc) is 2.76. The summed E-state index contributed by atoms with van der Waals surface area (Å²) in [7, 11) is 0. The van der Waals surface area contributed by atoms with Gasteiger partial charge in [0.2, 0.25) is 0 Å². The molecule has 2 rings (SSSR count). The minimum atomic E-state index is -0.172. The van der Waals surface area contributed by atoms with E-state index in [1.807, 2.05) is 38.1 Å². The van der Waals surface area contributed by atoms with Crippen LogP contribution in [0.25, 0.3) is 0 Å². The Hall–Kier alpha value is -2.30. The molecule has 1 aromatic heterocycles. The second-order valence-corrected chi connectivity index (χ2v) is 5.19. The van der Waals surface area contributed by atoms with Crippen molar-refractivity contribution >= 4 is 5.91 Å². The summed E-state index contributed by atoms with van der Waals surface area (Å²) in [6, 6.07) is 7.67. The maximum absolute atomic E-state index is 12.1. The highest BCUT2D eigenvalue weighted by molar-refractivity contribution is 5.96. The van der Waals surface area contributed by atoms with Crippen molar-refractivity contribution in [3.8, 4) is 5.75 Å². The Morgan fingerprint density at radius 1 is 1.29 bits per heavy atom. The molecule has 21 heavy (non-hydrogen) atoms. The summed E-state index contributed by atoms with van der Waals surface area (Å²) in [5.41, 5.74) is 2.12. The third kappa shape index (κ3) is 3.84. The van der Waals surface area contributed by atoms with Crippen LogP contribution in [-0.4, -0.2) is 17.2 Å². The Morgan fingerprint density at radius 2 is 1.95 bits per heavy atom. The van der Waals surface area contributed by atoms with Crippen molar-refractivity contribution in [2.24, 2.45) is 0 Å².